The highest BCUT2D eigenvalue weighted by atomic mass is 16.1. The molecule has 0 aromatic carbocycles. The van der Waals surface area contributed by atoms with Crippen molar-refractivity contribution in [1.82, 2.24) is 10.3 Å². The van der Waals surface area contributed by atoms with Crippen LogP contribution in [0.2, 0.25) is 0 Å². The first kappa shape index (κ1) is 30.0. The van der Waals surface area contributed by atoms with E-state index in [1.165, 1.54) is 0 Å². The third-order valence-electron chi connectivity index (χ3n) is 5.32. The van der Waals surface area contributed by atoms with Crippen LogP contribution in [0.1, 0.15) is 94.3 Å². The molecule has 190 valence electrons. The minimum absolute atomic E-state index is 0.115. The van der Waals surface area contributed by atoms with Gasteiger partial charge in [-0.05, 0) is 69.9 Å². The van der Waals surface area contributed by atoms with Crippen LogP contribution in [0.3, 0.4) is 0 Å². The molecule has 1 N–H and O–H groups in total. The monoisotopic (exact) mass is 476 g/mol. The zero-order valence-corrected chi connectivity index (χ0v) is 21.5. The van der Waals surface area contributed by atoms with Crippen LogP contribution in [0.25, 0.3) is 0 Å². The first-order valence-corrected chi connectivity index (χ1v) is 13.2. The fourth-order valence-corrected chi connectivity index (χ4v) is 3.32. The van der Waals surface area contributed by atoms with Crippen molar-refractivity contribution in [2.45, 2.75) is 84.0 Å². The SMILES string of the molecule is CC/C=C\C/C=C\C/C=C\C/C=C\C/C=C\CCCC(=O)NCCCCCC(=O)c1cccnc1. The average molecular weight is 477 g/mol. The Morgan fingerprint density at radius 2 is 1.40 bits per heavy atom. The van der Waals surface area contributed by atoms with Crippen molar-refractivity contribution in [2.24, 2.45) is 0 Å². The Hall–Kier alpha value is -3.01. The minimum Gasteiger partial charge on any atom is -0.356 e. The lowest BCUT2D eigenvalue weighted by atomic mass is 10.1. The number of unbranched alkanes of at least 4 members (excludes halogenated alkanes) is 3. The Kier molecular flexibility index (Phi) is 19.5. The van der Waals surface area contributed by atoms with Gasteiger partial charge in [-0.25, -0.2) is 0 Å². The van der Waals surface area contributed by atoms with Gasteiger partial charge in [-0.1, -0.05) is 74.1 Å². The second kappa shape index (κ2) is 22.8. The predicted molar refractivity (Wildman–Crippen MR) is 148 cm³/mol. The van der Waals surface area contributed by atoms with Crippen LogP contribution in [0, 0.1) is 0 Å². The summed E-state index contributed by atoms with van der Waals surface area (Å²) < 4.78 is 0. The number of Topliss-reactive ketones (excluding diaryl/α,β-unsaturated/α-hetero) is 1. The van der Waals surface area contributed by atoms with Crippen molar-refractivity contribution in [3.8, 4) is 0 Å². The van der Waals surface area contributed by atoms with Crippen LogP contribution in [0.4, 0.5) is 0 Å². The molecule has 0 atom stereocenters. The number of amides is 1. The van der Waals surface area contributed by atoms with Crippen LogP contribution in [-0.2, 0) is 4.79 Å². The van der Waals surface area contributed by atoms with Gasteiger partial charge in [0.1, 0.15) is 0 Å². The number of carbonyl (C=O) groups excluding carboxylic acids is 2. The molecule has 1 aromatic rings. The van der Waals surface area contributed by atoms with Crippen LogP contribution < -0.4 is 5.32 Å². The number of aromatic nitrogens is 1. The Morgan fingerprint density at radius 3 is 2.00 bits per heavy atom. The molecule has 0 radical (unpaired) electrons. The number of allylic oxidation sites excluding steroid dienone is 10. The molecule has 0 saturated heterocycles. The van der Waals surface area contributed by atoms with E-state index in [9.17, 15) is 9.59 Å². The maximum atomic E-state index is 12.0. The van der Waals surface area contributed by atoms with Gasteiger partial charge in [-0.3, -0.25) is 14.6 Å². The van der Waals surface area contributed by atoms with Gasteiger partial charge < -0.3 is 5.32 Å². The predicted octanol–water partition coefficient (Wildman–Crippen LogP) is 7.86. The number of nitrogens with one attached hydrogen (secondary N) is 1. The van der Waals surface area contributed by atoms with E-state index in [1.54, 1.807) is 24.5 Å². The molecule has 0 aliphatic carbocycles. The molecular formula is C31H44N2O2. The lowest BCUT2D eigenvalue weighted by Crippen LogP contribution is -2.23. The summed E-state index contributed by atoms with van der Waals surface area (Å²) in [7, 11) is 0. The molecule has 1 rings (SSSR count). The van der Waals surface area contributed by atoms with E-state index in [1.807, 2.05) is 0 Å². The standard InChI is InChI=1S/C31H44N2O2/c1-2-3-4-5-6-7-8-9-10-11-12-13-14-15-16-17-20-25-31(35)33-27-21-18-19-24-30(34)29-23-22-26-32-28-29/h3-4,6-7,9-10,12-13,15-16,22-23,26,28H,2,5,8,11,14,17-21,24-25,27H2,1H3,(H,33,35)/b4-3-,7-6-,10-9-,13-12-,16-15-. The zero-order valence-electron chi connectivity index (χ0n) is 21.5. The highest BCUT2D eigenvalue weighted by molar-refractivity contribution is 5.95. The lowest BCUT2D eigenvalue weighted by molar-refractivity contribution is -0.121. The fourth-order valence-electron chi connectivity index (χ4n) is 3.32. The Morgan fingerprint density at radius 1 is 0.771 bits per heavy atom. The summed E-state index contributed by atoms with van der Waals surface area (Å²) in [5.74, 6) is 0.251. The van der Waals surface area contributed by atoms with Gasteiger partial charge in [-0.2, -0.15) is 0 Å². The van der Waals surface area contributed by atoms with Crippen molar-refractivity contribution >= 4 is 11.7 Å². The van der Waals surface area contributed by atoms with Gasteiger partial charge in [0.25, 0.3) is 0 Å². The average Bonchev–Trinajstić information content (AvgIpc) is 2.88. The molecule has 35 heavy (non-hydrogen) atoms. The van der Waals surface area contributed by atoms with Gasteiger partial charge in [-0.15, -0.1) is 0 Å². The quantitative estimate of drug-likeness (QED) is 0.118. The summed E-state index contributed by atoms with van der Waals surface area (Å²) in [5, 5.41) is 2.97. The maximum Gasteiger partial charge on any atom is 0.220 e. The van der Waals surface area contributed by atoms with E-state index in [0.717, 1.165) is 64.2 Å². The van der Waals surface area contributed by atoms with Crippen molar-refractivity contribution < 1.29 is 9.59 Å². The van der Waals surface area contributed by atoms with E-state index in [0.29, 0.717) is 24.9 Å². The molecule has 1 aromatic heterocycles. The summed E-state index contributed by atoms with van der Waals surface area (Å²) in [5.41, 5.74) is 0.674. The molecule has 0 aliphatic rings. The van der Waals surface area contributed by atoms with Gasteiger partial charge in [0, 0.05) is 37.3 Å². The zero-order chi connectivity index (χ0) is 25.2. The highest BCUT2D eigenvalue weighted by Crippen LogP contribution is 2.07. The van der Waals surface area contributed by atoms with E-state index in [2.05, 4.69) is 78.0 Å². The number of rotatable bonds is 20. The molecule has 0 unspecified atom stereocenters. The molecule has 0 bridgehead atoms. The number of ketones is 1. The van der Waals surface area contributed by atoms with Gasteiger partial charge >= 0.3 is 0 Å². The number of pyridine rings is 1. The highest BCUT2D eigenvalue weighted by Gasteiger charge is 2.05. The summed E-state index contributed by atoms with van der Waals surface area (Å²) in [4.78, 5) is 27.9. The smallest absolute Gasteiger partial charge is 0.220 e. The fraction of sp³-hybridized carbons (Fsp3) is 0.452. The van der Waals surface area contributed by atoms with Crippen molar-refractivity contribution in [1.29, 1.82) is 0 Å². The van der Waals surface area contributed by atoms with Crippen LogP contribution in [0.5, 0.6) is 0 Å². The molecule has 0 aliphatic heterocycles. The van der Waals surface area contributed by atoms with Crippen molar-refractivity contribution in [3.05, 3.63) is 90.9 Å². The van der Waals surface area contributed by atoms with E-state index in [-0.39, 0.29) is 11.7 Å². The van der Waals surface area contributed by atoms with Gasteiger partial charge in [0.2, 0.25) is 5.91 Å². The topological polar surface area (TPSA) is 59.1 Å². The van der Waals surface area contributed by atoms with Crippen molar-refractivity contribution in [3.63, 3.8) is 0 Å². The van der Waals surface area contributed by atoms with E-state index >= 15 is 0 Å². The maximum absolute atomic E-state index is 12.0. The first-order valence-electron chi connectivity index (χ1n) is 13.2. The largest absolute Gasteiger partial charge is 0.356 e. The van der Waals surface area contributed by atoms with Gasteiger partial charge in [0.15, 0.2) is 5.78 Å². The Bertz CT molecular complexity index is 820. The van der Waals surface area contributed by atoms with Crippen LogP contribution in [-0.4, -0.2) is 23.2 Å². The van der Waals surface area contributed by atoms with Crippen molar-refractivity contribution in [2.75, 3.05) is 6.54 Å². The molecule has 4 nitrogen and oxygen atoms in total. The molecular weight excluding hydrogens is 432 g/mol. The molecule has 0 spiro atoms. The Balaban J connectivity index is 1.91. The van der Waals surface area contributed by atoms with E-state index in [4.69, 9.17) is 0 Å². The molecule has 4 heteroatoms. The second-order valence-electron chi connectivity index (χ2n) is 8.43. The molecule has 1 heterocycles. The number of nitrogens with zero attached hydrogens (tertiary/aromatic N) is 1. The summed E-state index contributed by atoms with van der Waals surface area (Å²) in [6, 6.07) is 3.58. The normalized spacial score (nSPS) is 12.1. The number of hydrogen-bond acceptors (Lipinski definition) is 3. The molecule has 0 saturated carbocycles. The third-order valence-corrected chi connectivity index (χ3v) is 5.32. The number of hydrogen-bond donors (Lipinski definition) is 1. The summed E-state index contributed by atoms with van der Waals surface area (Å²) in [6.07, 6.45) is 35.8. The number of carbonyl (C=O) groups is 2. The van der Waals surface area contributed by atoms with Gasteiger partial charge in [0.05, 0.1) is 0 Å². The summed E-state index contributed by atoms with van der Waals surface area (Å²) in [6.45, 7) is 2.83. The first-order chi connectivity index (χ1) is 17.2. The molecule has 0 fully saturated rings. The minimum atomic E-state index is 0.115. The lowest BCUT2D eigenvalue weighted by Gasteiger charge is -2.05. The summed E-state index contributed by atoms with van der Waals surface area (Å²) >= 11 is 0. The van der Waals surface area contributed by atoms with Crippen LogP contribution >= 0.6 is 0 Å². The van der Waals surface area contributed by atoms with E-state index < -0.39 is 0 Å². The second-order valence-corrected chi connectivity index (χ2v) is 8.43. The third kappa shape index (κ3) is 19.0. The van der Waals surface area contributed by atoms with Crippen LogP contribution in [0.15, 0.2) is 85.3 Å². The Labute approximate surface area is 213 Å². The molecule has 1 amide bonds.